The summed E-state index contributed by atoms with van der Waals surface area (Å²) in [5, 5.41) is 19.1. The number of anilines is 1. The molecule has 40 heavy (non-hydrogen) atoms. The molecule has 0 unspecified atom stereocenters. The summed E-state index contributed by atoms with van der Waals surface area (Å²) in [5.41, 5.74) is 1.43. The largest absolute Gasteiger partial charge is 0.457 e. The minimum atomic E-state index is -4.60. The molecule has 0 spiro atoms. The predicted octanol–water partition coefficient (Wildman–Crippen LogP) is 6.92. The molecule has 0 aliphatic carbocycles. The summed E-state index contributed by atoms with van der Waals surface area (Å²) in [5.74, 6) is -0.883. The van der Waals surface area contributed by atoms with E-state index in [0.29, 0.717) is 22.3 Å². The zero-order valence-electron chi connectivity index (χ0n) is 21.1. The van der Waals surface area contributed by atoms with E-state index in [2.05, 4.69) is 15.4 Å². The van der Waals surface area contributed by atoms with Crippen molar-refractivity contribution in [1.29, 1.82) is 0 Å². The van der Waals surface area contributed by atoms with Crippen molar-refractivity contribution in [2.45, 2.75) is 13.1 Å². The van der Waals surface area contributed by atoms with E-state index in [1.807, 2.05) is 6.92 Å². The molecule has 1 amide bonds. The molecule has 1 N–H and O–H groups in total. The number of alkyl halides is 3. The van der Waals surface area contributed by atoms with Gasteiger partial charge in [-0.15, -0.1) is 0 Å². The molecule has 3 aromatic carbocycles. The van der Waals surface area contributed by atoms with Crippen molar-refractivity contribution < 1.29 is 27.6 Å². The van der Waals surface area contributed by atoms with Crippen LogP contribution >= 0.6 is 0 Å². The van der Waals surface area contributed by atoms with E-state index >= 15 is 0 Å². The highest BCUT2D eigenvalue weighted by atomic mass is 19.4. The highest BCUT2D eigenvalue weighted by molar-refractivity contribution is 6.13. The van der Waals surface area contributed by atoms with Crippen LogP contribution in [0.3, 0.4) is 0 Å². The molecule has 2 aromatic heterocycles. The number of ether oxygens (including phenoxy) is 1. The number of nitrogens with one attached hydrogen (secondary N) is 1. The maximum atomic E-state index is 13.5. The topological polar surface area (TPSA) is 112 Å². The number of amides is 1. The van der Waals surface area contributed by atoms with Gasteiger partial charge in [-0.1, -0.05) is 24.3 Å². The van der Waals surface area contributed by atoms with E-state index in [1.54, 1.807) is 48.3 Å². The van der Waals surface area contributed by atoms with Crippen LogP contribution in [0.4, 0.5) is 24.5 Å². The Balaban J connectivity index is 1.52. The Morgan fingerprint density at radius 2 is 1.80 bits per heavy atom. The van der Waals surface area contributed by atoms with Gasteiger partial charge in [0, 0.05) is 36.3 Å². The number of rotatable bonds is 6. The van der Waals surface area contributed by atoms with Crippen molar-refractivity contribution in [2.75, 3.05) is 5.32 Å². The quantitative estimate of drug-likeness (QED) is 0.183. The number of pyridine rings is 1. The summed E-state index contributed by atoms with van der Waals surface area (Å²) in [6.07, 6.45) is -2.81. The lowest BCUT2D eigenvalue weighted by Gasteiger charge is -2.13. The molecule has 0 atom stereocenters. The average Bonchev–Trinajstić information content (AvgIpc) is 3.25. The van der Waals surface area contributed by atoms with Crippen LogP contribution in [-0.2, 0) is 13.2 Å². The van der Waals surface area contributed by atoms with E-state index in [9.17, 15) is 28.1 Å². The number of non-ortho nitro benzene ring substituents is 1. The second-order valence-corrected chi connectivity index (χ2v) is 8.93. The van der Waals surface area contributed by atoms with Gasteiger partial charge in [0.1, 0.15) is 11.5 Å². The number of aryl methyl sites for hydroxylation is 2. The lowest BCUT2D eigenvalue weighted by Crippen LogP contribution is -2.13. The van der Waals surface area contributed by atoms with E-state index in [0.717, 1.165) is 35.9 Å². The number of nitrogens with zero attached hydrogens (tertiary/aromatic N) is 4. The van der Waals surface area contributed by atoms with E-state index < -0.39 is 28.3 Å². The Morgan fingerprint density at radius 1 is 1.02 bits per heavy atom. The van der Waals surface area contributed by atoms with Crippen molar-refractivity contribution in [3.8, 4) is 22.8 Å². The zero-order valence-corrected chi connectivity index (χ0v) is 21.1. The Morgan fingerprint density at radius 3 is 2.50 bits per heavy atom. The highest BCUT2D eigenvalue weighted by Crippen LogP contribution is 2.35. The maximum absolute atomic E-state index is 13.5. The Labute approximate surface area is 225 Å². The van der Waals surface area contributed by atoms with Gasteiger partial charge in [-0.2, -0.15) is 18.3 Å². The average molecular weight is 547 g/mol. The first-order valence-corrected chi connectivity index (χ1v) is 11.8. The molecule has 5 rings (SSSR count). The molecule has 0 aliphatic rings. The number of nitro benzene ring substituents is 1. The molecule has 12 heteroatoms. The molecule has 5 aromatic rings. The fraction of sp³-hybridized carbons (Fsp3) is 0.107. The molecule has 0 saturated carbocycles. The fourth-order valence-electron chi connectivity index (χ4n) is 4.24. The smallest absolute Gasteiger partial charge is 0.416 e. The molecular weight excluding hydrogens is 527 g/mol. The Kier molecular flexibility index (Phi) is 6.68. The predicted molar refractivity (Wildman–Crippen MR) is 141 cm³/mol. The third-order valence-electron chi connectivity index (χ3n) is 6.01. The van der Waals surface area contributed by atoms with Crippen LogP contribution in [0, 0.1) is 17.0 Å². The molecule has 9 nitrogen and oxygen atoms in total. The number of nitro groups is 1. The number of aromatic nitrogens is 3. The number of fused-ring (bicyclic) bond motifs is 1. The number of benzene rings is 3. The zero-order chi connectivity index (χ0) is 28.6. The van der Waals surface area contributed by atoms with Gasteiger partial charge in [0.25, 0.3) is 11.6 Å². The lowest BCUT2D eigenvalue weighted by atomic mass is 10.0. The minimum absolute atomic E-state index is 0.0150. The summed E-state index contributed by atoms with van der Waals surface area (Å²) < 4.78 is 46.5. The molecule has 2 heterocycles. The summed E-state index contributed by atoms with van der Waals surface area (Å²) in [6.45, 7) is 1.82. The molecule has 202 valence electrons. The molecule has 0 radical (unpaired) electrons. The third-order valence-corrected chi connectivity index (χ3v) is 6.01. The Bertz CT molecular complexity index is 1780. The van der Waals surface area contributed by atoms with E-state index in [4.69, 9.17) is 4.74 Å². The molecule has 0 bridgehead atoms. The van der Waals surface area contributed by atoms with Crippen LogP contribution in [0.15, 0.2) is 79.0 Å². The first-order valence-electron chi connectivity index (χ1n) is 11.8. The van der Waals surface area contributed by atoms with Gasteiger partial charge in [0.15, 0.2) is 0 Å². The van der Waals surface area contributed by atoms with Gasteiger partial charge in [-0.25, -0.2) is 4.98 Å². The summed E-state index contributed by atoms with van der Waals surface area (Å²) in [7, 11) is 1.77. The van der Waals surface area contributed by atoms with Crippen LogP contribution < -0.4 is 10.1 Å². The van der Waals surface area contributed by atoms with Gasteiger partial charge in [0.2, 0.25) is 0 Å². The normalized spacial score (nSPS) is 11.4. The van der Waals surface area contributed by atoms with Crippen LogP contribution in [0.25, 0.3) is 22.2 Å². The van der Waals surface area contributed by atoms with Gasteiger partial charge in [-0.3, -0.25) is 19.6 Å². The van der Waals surface area contributed by atoms with Crippen LogP contribution in [0.5, 0.6) is 11.5 Å². The van der Waals surface area contributed by atoms with Gasteiger partial charge in [0.05, 0.1) is 44.7 Å². The summed E-state index contributed by atoms with van der Waals surface area (Å²) >= 11 is 0. The minimum Gasteiger partial charge on any atom is -0.457 e. The van der Waals surface area contributed by atoms with Crippen molar-refractivity contribution in [3.05, 3.63) is 106 Å². The van der Waals surface area contributed by atoms with Crippen LogP contribution in [0.2, 0.25) is 0 Å². The number of carbonyl (C=O) groups is 1. The highest BCUT2D eigenvalue weighted by Gasteiger charge is 2.30. The van der Waals surface area contributed by atoms with Crippen molar-refractivity contribution in [3.63, 3.8) is 0 Å². The number of hydrogen-bond donors (Lipinski definition) is 1. The second kappa shape index (κ2) is 10.1. The third kappa shape index (κ3) is 5.46. The fourth-order valence-corrected chi connectivity index (χ4v) is 4.24. The van der Waals surface area contributed by atoms with Crippen molar-refractivity contribution in [2.24, 2.45) is 7.05 Å². The van der Waals surface area contributed by atoms with E-state index in [-0.39, 0.29) is 22.7 Å². The van der Waals surface area contributed by atoms with Crippen molar-refractivity contribution in [1.82, 2.24) is 14.8 Å². The second-order valence-electron chi connectivity index (χ2n) is 8.93. The maximum Gasteiger partial charge on any atom is 0.416 e. The molecule has 0 fully saturated rings. The van der Waals surface area contributed by atoms with Crippen molar-refractivity contribution >= 4 is 28.2 Å². The summed E-state index contributed by atoms with van der Waals surface area (Å²) in [4.78, 5) is 29.1. The van der Waals surface area contributed by atoms with Gasteiger partial charge < -0.3 is 10.1 Å². The first-order chi connectivity index (χ1) is 19.0. The molecule has 0 aliphatic heterocycles. The number of carbonyl (C=O) groups excluding carboxylic acids is 1. The Hall–Kier alpha value is -5.26. The number of hydrogen-bond acceptors (Lipinski definition) is 6. The summed E-state index contributed by atoms with van der Waals surface area (Å²) in [6, 6.07) is 16.2. The van der Waals surface area contributed by atoms with Gasteiger partial charge in [-0.05, 0) is 37.3 Å². The number of para-hydroxylation sites is 1. The van der Waals surface area contributed by atoms with Gasteiger partial charge >= 0.3 is 6.18 Å². The van der Waals surface area contributed by atoms with Crippen LogP contribution in [-0.4, -0.2) is 25.6 Å². The SMILES string of the molecule is Cc1nn(C)cc1-c1cc(C(=O)Nc2cc(Oc3cccc(C(F)(F)F)c3)cc([N+](=O)[O-])c2)c2ccccc2n1. The first kappa shape index (κ1) is 26.4. The monoisotopic (exact) mass is 547 g/mol. The number of halogens is 3. The molecule has 0 saturated heterocycles. The van der Waals surface area contributed by atoms with E-state index in [1.165, 1.54) is 12.1 Å². The molecular formula is C28H20F3N5O4. The standard InChI is InChI=1S/C28H20F3N5O4/c1-16-24(15-35(2)34-16)26-14-23(22-8-3-4-9-25(22)33-26)27(37)32-18-11-19(36(38)39)13-21(12-18)40-20-7-5-6-17(10-20)28(29,30)31/h3-15H,1-2H3,(H,32,37). The lowest BCUT2D eigenvalue weighted by molar-refractivity contribution is -0.384. The van der Waals surface area contributed by atoms with Crippen LogP contribution in [0.1, 0.15) is 21.6 Å².